The Bertz CT molecular complexity index is 889. The molecule has 0 saturated carbocycles. The molecular weight excluding hydrogens is 318 g/mol. The van der Waals surface area contributed by atoms with Gasteiger partial charge >= 0.3 is 0 Å². The average Bonchev–Trinajstić information content (AvgIpc) is 3.02. The predicted octanol–water partition coefficient (Wildman–Crippen LogP) is 0.684. The van der Waals surface area contributed by atoms with E-state index >= 15 is 0 Å². The third-order valence-electron chi connectivity index (χ3n) is 4.31. The molecule has 1 aliphatic rings. The highest BCUT2D eigenvalue weighted by Gasteiger charge is 2.17. The van der Waals surface area contributed by atoms with Crippen LogP contribution in [0.15, 0.2) is 48.0 Å². The third kappa shape index (κ3) is 3.63. The van der Waals surface area contributed by atoms with Crippen molar-refractivity contribution in [1.29, 1.82) is 0 Å². The normalized spacial score (nSPS) is 14.9. The van der Waals surface area contributed by atoms with E-state index in [4.69, 9.17) is 4.98 Å². The fourth-order valence-electron chi connectivity index (χ4n) is 3.14. The van der Waals surface area contributed by atoms with E-state index in [0.29, 0.717) is 25.3 Å². The number of hydrogen-bond acceptors (Lipinski definition) is 6. The molecule has 0 fully saturated rings. The highest BCUT2D eigenvalue weighted by molar-refractivity contribution is 5.11. The van der Waals surface area contributed by atoms with E-state index in [-0.39, 0.29) is 5.56 Å². The van der Waals surface area contributed by atoms with Crippen LogP contribution in [0.1, 0.15) is 23.5 Å². The van der Waals surface area contributed by atoms with Gasteiger partial charge in [0.2, 0.25) is 0 Å². The molecule has 0 saturated heterocycles. The molecular formula is C17H19N7O. The van der Waals surface area contributed by atoms with Crippen molar-refractivity contribution >= 4 is 0 Å². The zero-order chi connectivity index (χ0) is 17.1. The predicted molar refractivity (Wildman–Crippen MR) is 90.6 cm³/mol. The molecule has 0 amide bonds. The maximum absolute atomic E-state index is 12.5. The second-order valence-corrected chi connectivity index (χ2v) is 6.17. The summed E-state index contributed by atoms with van der Waals surface area (Å²) >= 11 is 0. The van der Waals surface area contributed by atoms with Crippen molar-refractivity contribution < 1.29 is 0 Å². The summed E-state index contributed by atoms with van der Waals surface area (Å²) in [5.74, 6) is 0.814. The SMILES string of the molecule is O=c1cc(Cn2cncn2)nc2n1CCCN(Cc1ccncc1)C2. The van der Waals surface area contributed by atoms with Crippen LogP contribution in [0.25, 0.3) is 0 Å². The molecule has 128 valence electrons. The molecule has 3 aromatic heterocycles. The lowest BCUT2D eigenvalue weighted by molar-refractivity contribution is 0.258. The fourth-order valence-corrected chi connectivity index (χ4v) is 3.14. The van der Waals surface area contributed by atoms with E-state index in [1.807, 2.05) is 12.1 Å². The van der Waals surface area contributed by atoms with E-state index in [1.54, 1.807) is 34.0 Å². The van der Waals surface area contributed by atoms with Gasteiger partial charge in [-0.15, -0.1) is 0 Å². The van der Waals surface area contributed by atoms with Crippen LogP contribution >= 0.6 is 0 Å². The number of rotatable bonds is 4. The fraction of sp³-hybridized carbons (Fsp3) is 0.353. The first-order valence-electron chi connectivity index (χ1n) is 8.31. The Morgan fingerprint density at radius 1 is 1.08 bits per heavy atom. The number of nitrogens with zero attached hydrogens (tertiary/aromatic N) is 7. The molecule has 0 unspecified atom stereocenters. The van der Waals surface area contributed by atoms with Crippen LogP contribution in [0.4, 0.5) is 0 Å². The smallest absolute Gasteiger partial charge is 0.253 e. The maximum atomic E-state index is 12.5. The molecule has 1 aliphatic heterocycles. The molecule has 0 N–H and O–H groups in total. The van der Waals surface area contributed by atoms with Gasteiger partial charge in [-0.25, -0.2) is 14.6 Å². The van der Waals surface area contributed by atoms with Gasteiger partial charge in [0, 0.05) is 38.1 Å². The van der Waals surface area contributed by atoms with Crippen molar-refractivity contribution in [2.45, 2.75) is 32.6 Å². The van der Waals surface area contributed by atoms with Crippen molar-refractivity contribution in [1.82, 2.24) is 34.2 Å². The van der Waals surface area contributed by atoms with Crippen LogP contribution in [0.2, 0.25) is 0 Å². The van der Waals surface area contributed by atoms with E-state index in [0.717, 1.165) is 25.3 Å². The quantitative estimate of drug-likeness (QED) is 0.696. The Kier molecular flexibility index (Phi) is 4.34. The van der Waals surface area contributed by atoms with Gasteiger partial charge in [0.05, 0.1) is 18.8 Å². The summed E-state index contributed by atoms with van der Waals surface area (Å²) < 4.78 is 3.46. The first-order chi connectivity index (χ1) is 12.3. The lowest BCUT2D eigenvalue weighted by atomic mass is 10.2. The van der Waals surface area contributed by atoms with Crippen molar-refractivity contribution in [3.8, 4) is 0 Å². The standard InChI is InChI=1S/C17H19N7O/c25-17-8-15(10-23-13-19-12-20-23)21-16-11-22(6-1-7-24(16)17)9-14-2-4-18-5-3-14/h2-5,8,12-13H,1,6-7,9-11H2. The summed E-state index contributed by atoms with van der Waals surface area (Å²) in [5.41, 5.74) is 1.93. The molecule has 0 bridgehead atoms. The molecule has 8 heteroatoms. The van der Waals surface area contributed by atoms with Crippen LogP contribution in [0.3, 0.4) is 0 Å². The number of fused-ring (bicyclic) bond motifs is 1. The second-order valence-electron chi connectivity index (χ2n) is 6.17. The summed E-state index contributed by atoms with van der Waals surface area (Å²) in [5, 5.41) is 4.08. The Hall–Kier alpha value is -2.87. The molecule has 0 aliphatic carbocycles. The Balaban J connectivity index is 1.58. The van der Waals surface area contributed by atoms with Crippen LogP contribution in [-0.4, -0.2) is 40.7 Å². The molecule has 4 heterocycles. The molecule has 4 rings (SSSR count). The summed E-state index contributed by atoms with van der Waals surface area (Å²) in [6.07, 6.45) is 7.65. The summed E-state index contributed by atoms with van der Waals surface area (Å²) in [7, 11) is 0. The molecule has 0 radical (unpaired) electrons. The van der Waals surface area contributed by atoms with Gasteiger partial charge < -0.3 is 0 Å². The van der Waals surface area contributed by atoms with Crippen LogP contribution in [0.5, 0.6) is 0 Å². The molecule has 0 spiro atoms. The minimum absolute atomic E-state index is 0.00544. The Morgan fingerprint density at radius 2 is 1.96 bits per heavy atom. The van der Waals surface area contributed by atoms with Gasteiger partial charge in [-0.05, 0) is 24.1 Å². The molecule has 0 aromatic carbocycles. The third-order valence-corrected chi connectivity index (χ3v) is 4.31. The number of hydrogen-bond donors (Lipinski definition) is 0. The van der Waals surface area contributed by atoms with Crippen LogP contribution in [0, 0.1) is 0 Å². The van der Waals surface area contributed by atoms with Crippen molar-refractivity contribution in [3.63, 3.8) is 0 Å². The lowest BCUT2D eigenvalue weighted by Gasteiger charge is -2.19. The first-order valence-corrected chi connectivity index (χ1v) is 8.31. The maximum Gasteiger partial charge on any atom is 0.253 e. The topological polar surface area (TPSA) is 81.7 Å². The van der Waals surface area contributed by atoms with Crippen molar-refractivity contribution in [3.05, 3.63) is 70.7 Å². The highest BCUT2D eigenvalue weighted by Crippen LogP contribution is 2.13. The van der Waals surface area contributed by atoms with Gasteiger partial charge in [0.25, 0.3) is 5.56 Å². The lowest BCUT2D eigenvalue weighted by Crippen LogP contribution is -2.28. The van der Waals surface area contributed by atoms with Crippen molar-refractivity contribution in [2.24, 2.45) is 0 Å². The second kappa shape index (κ2) is 6.94. The van der Waals surface area contributed by atoms with E-state index < -0.39 is 0 Å². The van der Waals surface area contributed by atoms with Gasteiger partial charge in [-0.1, -0.05) is 0 Å². The summed E-state index contributed by atoms with van der Waals surface area (Å²) in [4.78, 5) is 27.5. The zero-order valence-corrected chi connectivity index (χ0v) is 13.8. The molecule has 8 nitrogen and oxygen atoms in total. The Labute approximate surface area is 144 Å². The number of pyridine rings is 1. The van der Waals surface area contributed by atoms with E-state index in [2.05, 4.69) is 20.0 Å². The Morgan fingerprint density at radius 3 is 2.76 bits per heavy atom. The summed E-state index contributed by atoms with van der Waals surface area (Å²) in [6, 6.07) is 5.64. The largest absolute Gasteiger partial charge is 0.296 e. The van der Waals surface area contributed by atoms with Crippen LogP contribution in [-0.2, 0) is 26.2 Å². The van der Waals surface area contributed by atoms with Gasteiger partial charge in [-0.2, -0.15) is 5.10 Å². The van der Waals surface area contributed by atoms with Crippen LogP contribution < -0.4 is 5.56 Å². The average molecular weight is 337 g/mol. The first kappa shape index (κ1) is 15.6. The van der Waals surface area contributed by atoms with Gasteiger partial charge in [0.1, 0.15) is 18.5 Å². The molecule has 0 atom stereocenters. The minimum Gasteiger partial charge on any atom is -0.296 e. The number of aromatic nitrogens is 6. The summed E-state index contributed by atoms with van der Waals surface area (Å²) in [6.45, 7) is 3.57. The van der Waals surface area contributed by atoms with E-state index in [9.17, 15) is 4.79 Å². The molecule has 25 heavy (non-hydrogen) atoms. The minimum atomic E-state index is 0.00544. The zero-order valence-electron chi connectivity index (χ0n) is 13.8. The monoisotopic (exact) mass is 337 g/mol. The highest BCUT2D eigenvalue weighted by atomic mass is 16.1. The van der Waals surface area contributed by atoms with Gasteiger partial charge in [-0.3, -0.25) is 19.2 Å². The van der Waals surface area contributed by atoms with Gasteiger partial charge in [0.15, 0.2) is 0 Å². The van der Waals surface area contributed by atoms with E-state index in [1.165, 1.54) is 11.9 Å². The molecule has 3 aromatic rings. The van der Waals surface area contributed by atoms with Crippen molar-refractivity contribution in [2.75, 3.05) is 6.54 Å².